The maximum Gasteiger partial charge on any atom is 0.169 e. The second kappa shape index (κ2) is 7.36. The molecule has 0 aromatic heterocycles. The molecular formula is C17H24N2O3S. The molecule has 1 atom stereocenters. The number of hydrogen-bond acceptors (Lipinski definition) is 4. The van der Waals surface area contributed by atoms with Crippen molar-refractivity contribution in [2.24, 2.45) is 0 Å². The number of hydrogen-bond donors (Lipinski definition) is 1. The molecule has 0 aliphatic carbocycles. The lowest BCUT2D eigenvalue weighted by molar-refractivity contribution is 0.113. The van der Waals surface area contributed by atoms with E-state index in [9.17, 15) is 0 Å². The highest BCUT2D eigenvalue weighted by atomic mass is 32.1. The number of ether oxygens (including phenoxy) is 3. The molecular weight excluding hydrogens is 312 g/mol. The van der Waals surface area contributed by atoms with Crippen LogP contribution in [-0.2, 0) is 17.7 Å². The topological polar surface area (TPSA) is 43.0 Å². The van der Waals surface area contributed by atoms with Crippen molar-refractivity contribution in [3.8, 4) is 11.5 Å². The van der Waals surface area contributed by atoms with E-state index in [0.29, 0.717) is 6.10 Å². The third kappa shape index (κ3) is 3.70. The molecule has 1 aromatic carbocycles. The average Bonchev–Trinajstić information content (AvgIpc) is 3.11. The molecule has 3 rings (SSSR count). The van der Waals surface area contributed by atoms with Crippen LogP contribution in [0.5, 0.6) is 11.5 Å². The normalized spacial score (nSPS) is 20.1. The maximum atomic E-state index is 5.63. The molecule has 2 aliphatic heterocycles. The Morgan fingerprint density at radius 2 is 2.04 bits per heavy atom. The highest BCUT2D eigenvalue weighted by molar-refractivity contribution is 7.80. The molecule has 1 saturated heterocycles. The molecule has 2 aliphatic rings. The van der Waals surface area contributed by atoms with Gasteiger partial charge in [0.15, 0.2) is 16.6 Å². The molecule has 1 fully saturated rings. The van der Waals surface area contributed by atoms with Crippen molar-refractivity contribution >= 4 is 17.3 Å². The van der Waals surface area contributed by atoms with Crippen LogP contribution in [0, 0.1) is 0 Å². The molecule has 0 unspecified atom stereocenters. The minimum absolute atomic E-state index is 0.300. The van der Waals surface area contributed by atoms with Crippen LogP contribution in [0.1, 0.15) is 24.0 Å². The minimum Gasteiger partial charge on any atom is -0.493 e. The fourth-order valence-electron chi connectivity index (χ4n) is 3.17. The number of nitrogens with zero attached hydrogens (tertiary/aromatic N) is 1. The van der Waals surface area contributed by atoms with Gasteiger partial charge in [-0.1, -0.05) is 0 Å². The van der Waals surface area contributed by atoms with E-state index in [2.05, 4.69) is 22.3 Å². The summed E-state index contributed by atoms with van der Waals surface area (Å²) in [6.07, 6.45) is 3.53. The Labute approximate surface area is 142 Å². The zero-order valence-electron chi connectivity index (χ0n) is 13.8. The summed E-state index contributed by atoms with van der Waals surface area (Å²) >= 11 is 5.55. The van der Waals surface area contributed by atoms with Gasteiger partial charge in [0.2, 0.25) is 0 Å². The van der Waals surface area contributed by atoms with Crippen LogP contribution in [-0.4, -0.2) is 50.0 Å². The molecule has 23 heavy (non-hydrogen) atoms. The standard InChI is InChI=1S/C17H24N2O3S/c1-20-15-8-12-5-6-19(11-13(12)9-16(15)21-2)17(23)18-10-14-4-3-7-22-14/h8-9,14H,3-7,10-11H2,1-2H3,(H,18,23)/t14-/m0/s1. The third-order valence-electron chi connectivity index (χ3n) is 4.51. The number of rotatable bonds is 4. The van der Waals surface area contributed by atoms with Crippen molar-refractivity contribution in [2.75, 3.05) is 33.9 Å². The zero-order chi connectivity index (χ0) is 16.2. The number of fused-ring (bicyclic) bond motifs is 1. The van der Waals surface area contributed by atoms with Gasteiger partial charge in [0.05, 0.1) is 20.3 Å². The highest BCUT2D eigenvalue weighted by Gasteiger charge is 2.22. The molecule has 6 heteroatoms. The van der Waals surface area contributed by atoms with Gasteiger partial charge in [-0.05, 0) is 54.7 Å². The van der Waals surface area contributed by atoms with E-state index in [1.54, 1.807) is 14.2 Å². The quantitative estimate of drug-likeness (QED) is 0.850. The van der Waals surface area contributed by atoms with Crippen LogP contribution in [0.4, 0.5) is 0 Å². The van der Waals surface area contributed by atoms with E-state index >= 15 is 0 Å². The molecule has 2 heterocycles. The largest absolute Gasteiger partial charge is 0.493 e. The number of benzene rings is 1. The van der Waals surface area contributed by atoms with Gasteiger partial charge in [0.25, 0.3) is 0 Å². The second-order valence-electron chi connectivity index (χ2n) is 5.97. The van der Waals surface area contributed by atoms with E-state index in [4.69, 9.17) is 26.4 Å². The fraction of sp³-hybridized carbons (Fsp3) is 0.588. The average molecular weight is 336 g/mol. The summed E-state index contributed by atoms with van der Waals surface area (Å²) in [7, 11) is 3.34. The van der Waals surface area contributed by atoms with Crippen molar-refractivity contribution in [3.05, 3.63) is 23.3 Å². The first kappa shape index (κ1) is 16.3. The molecule has 0 saturated carbocycles. The smallest absolute Gasteiger partial charge is 0.169 e. The van der Waals surface area contributed by atoms with Gasteiger partial charge in [-0.3, -0.25) is 0 Å². The lowest BCUT2D eigenvalue weighted by Crippen LogP contribution is -2.44. The monoisotopic (exact) mass is 336 g/mol. The molecule has 1 N–H and O–H groups in total. The first-order valence-electron chi connectivity index (χ1n) is 8.09. The van der Waals surface area contributed by atoms with Crippen LogP contribution >= 0.6 is 12.2 Å². The van der Waals surface area contributed by atoms with Crippen LogP contribution < -0.4 is 14.8 Å². The van der Waals surface area contributed by atoms with E-state index in [0.717, 1.165) is 62.1 Å². The molecule has 0 radical (unpaired) electrons. The number of thiocarbonyl (C=S) groups is 1. The van der Waals surface area contributed by atoms with Crippen molar-refractivity contribution < 1.29 is 14.2 Å². The summed E-state index contributed by atoms with van der Waals surface area (Å²) in [4.78, 5) is 2.21. The molecule has 0 spiro atoms. The lowest BCUT2D eigenvalue weighted by Gasteiger charge is -2.32. The second-order valence-corrected chi connectivity index (χ2v) is 6.36. The van der Waals surface area contributed by atoms with Gasteiger partial charge in [-0.2, -0.15) is 0 Å². The molecule has 1 aromatic rings. The number of methoxy groups -OCH3 is 2. The summed E-state index contributed by atoms with van der Waals surface area (Å²) in [6.45, 7) is 3.39. The Bertz CT molecular complexity index is 573. The summed E-state index contributed by atoms with van der Waals surface area (Å²) in [5.41, 5.74) is 2.55. The van der Waals surface area contributed by atoms with E-state index < -0.39 is 0 Å². The van der Waals surface area contributed by atoms with Gasteiger partial charge in [-0.15, -0.1) is 0 Å². The fourth-order valence-corrected chi connectivity index (χ4v) is 3.41. The van der Waals surface area contributed by atoms with Crippen LogP contribution in [0.3, 0.4) is 0 Å². The van der Waals surface area contributed by atoms with Gasteiger partial charge < -0.3 is 24.4 Å². The van der Waals surface area contributed by atoms with Crippen LogP contribution in [0.25, 0.3) is 0 Å². The van der Waals surface area contributed by atoms with Gasteiger partial charge in [0, 0.05) is 26.2 Å². The Morgan fingerprint density at radius 3 is 2.70 bits per heavy atom. The van der Waals surface area contributed by atoms with E-state index in [1.165, 1.54) is 11.1 Å². The predicted octanol–water partition coefficient (Wildman–Crippen LogP) is 2.12. The zero-order valence-corrected chi connectivity index (χ0v) is 14.6. The number of nitrogens with one attached hydrogen (secondary N) is 1. The summed E-state index contributed by atoms with van der Waals surface area (Å²) in [6, 6.07) is 4.14. The van der Waals surface area contributed by atoms with Crippen LogP contribution in [0.15, 0.2) is 12.1 Å². The van der Waals surface area contributed by atoms with Crippen LogP contribution in [0.2, 0.25) is 0 Å². The molecule has 0 bridgehead atoms. The summed E-state index contributed by atoms with van der Waals surface area (Å²) in [5, 5.41) is 4.16. The van der Waals surface area contributed by atoms with Crippen molar-refractivity contribution in [3.63, 3.8) is 0 Å². The van der Waals surface area contributed by atoms with Crippen molar-refractivity contribution in [1.29, 1.82) is 0 Å². The Balaban J connectivity index is 1.63. The minimum atomic E-state index is 0.300. The lowest BCUT2D eigenvalue weighted by atomic mass is 9.99. The van der Waals surface area contributed by atoms with Gasteiger partial charge >= 0.3 is 0 Å². The van der Waals surface area contributed by atoms with Crippen molar-refractivity contribution in [1.82, 2.24) is 10.2 Å². The molecule has 126 valence electrons. The van der Waals surface area contributed by atoms with Crippen molar-refractivity contribution in [2.45, 2.75) is 31.9 Å². The maximum absolute atomic E-state index is 5.63. The highest BCUT2D eigenvalue weighted by Crippen LogP contribution is 2.33. The summed E-state index contributed by atoms with van der Waals surface area (Å²) in [5.74, 6) is 1.56. The Hall–Kier alpha value is -1.53. The van der Waals surface area contributed by atoms with E-state index in [1.807, 2.05) is 0 Å². The Kier molecular flexibility index (Phi) is 5.23. The first-order valence-corrected chi connectivity index (χ1v) is 8.50. The summed E-state index contributed by atoms with van der Waals surface area (Å²) < 4.78 is 16.4. The first-order chi connectivity index (χ1) is 11.2. The van der Waals surface area contributed by atoms with Gasteiger partial charge in [-0.25, -0.2) is 0 Å². The third-order valence-corrected chi connectivity index (χ3v) is 4.91. The molecule has 5 nitrogen and oxygen atoms in total. The Morgan fingerprint density at radius 1 is 1.30 bits per heavy atom. The van der Waals surface area contributed by atoms with E-state index in [-0.39, 0.29) is 0 Å². The predicted molar refractivity (Wildman–Crippen MR) is 93.2 cm³/mol. The SMILES string of the molecule is COc1cc2c(cc1OC)CN(C(=S)NC[C@@H]1CCCO1)CC2. The van der Waals surface area contributed by atoms with Gasteiger partial charge in [0.1, 0.15) is 0 Å². The molecule has 0 amide bonds.